The molecule has 0 radical (unpaired) electrons. The second-order valence-corrected chi connectivity index (χ2v) is 6.61. The maximum absolute atomic E-state index is 5.11. The topological polar surface area (TPSA) is 39.1 Å². The number of aromatic nitrogens is 2. The summed E-state index contributed by atoms with van der Waals surface area (Å²) in [7, 11) is 1.73. The van der Waals surface area contributed by atoms with E-state index >= 15 is 0 Å². The average molecular weight is 277 g/mol. The van der Waals surface area contributed by atoms with Gasteiger partial charge in [-0.2, -0.15) is 0 Å². The highest BCUT2D eigenvalue weighted by atomic mass is 16.5. The van der Waals surface area contributed by atoms with Crippen molar-refractivity contribution in [3.05, 3.63) is 11.9 Å². The third-order valence-corrected chi connectivity index (χ3v) is 5.29. The van der Waals surface area contributed by atoms with Gasteiger partial charge in [0.15, 0.2) is 0 Å². The van der Waals surface area contributed by atoms with Gasteiger partial charge in [0, 0.05) is 25.9 Å². The van der Waals surface area contributed by atoms with Crippen molar-refractivity contribution in [1.29, 1.82) is 0 Å². The maximum atomic E-state index is 5.11. The van der Waals surface area contributed by atoms with Crippen LogP contribution in [0.15, 0.2) is 6.20 Å². The fraction of sp³-hybridized carbons (Fsp3) is 0.812. The van der Waals surface area contributed by atoms with Crippen molar-refractivity contribution in [1.82, 2.24) is 9.55 Å². The molecule has 0 amide bonds. The van der Waals surface area contributed by atoms with Crippen LogP contribution in [0, 0.1) is 24.7 Å². The molecule has 2 bridgehead atoms. The molecule has 2 saturated carbocycles. The Morgan fingerprint density at radius 1 is 1.45 bits per heavy atom. The van der Waals surface area contributed by atoms with E-state index in [2.05, 4.69) is 34.9 Å². The Bertz CT molecular complexity index is 457. The van der Waals surface area contributed by atoms with E-state index in [9.17, 15) is 0 Å². The molecule has 2 aliphatic carbocycles. The lowest BCUT2D eigenvalue weighted by atomic mass is 9.84. The molecule has 20 heavy (non-hydrogen) atoms. The molecule has 3 rings (SSSR count). The summed E-state index contributed by atoms with van der Waals surface area (Å²) in [6.07, 6.45) is 8.00. The number of imidazole rings is 1. The Balaban J connectivity index is 1.72. The number of anilines is 1. The summed E-state index contributed by atoms with van der Waals surface area (Å²) in [5.74, 6) is 3.80. The van der Waals surface area contributed by atoms with Crippen LogP contribution in [0.4, 0.5) is 5.95 Å². The van der Waals surface area contributed by atoms with Gasteiger partial charge in [0.2, 0.25) is 5.95 Å². The quantitative estimate of drug-likeness (QED) is 0.811. The van der Waals surface area contributed by atoms with Gasteiger partial charge >= 0.3 is 0 Å². The largest absolute Gasteiger partial charge is 0.383 e. The van der Waals surface area contributed by atoms with Crippen LogP contribution in [-0.2, 0) is 4.74 Å². The molecular weight excluding hydrogens is 250 g/mol. The highest BCUT2D eigenvalue weighted by molar-refractivity contribution is 5.29. The second kappa shape index (κ2) is 5.76. The summed E-state index contributed by atoms with van der Waals surface area (Å²) in [4.78, 5) is 4.63. The number of methoxy groups -OCH3 is 1. The molecule has 4 unspecified atom stereocenters. The standard InChI is InChI=1S/C16H27N3O/c1-11-10-19(16(18-11)17-6-7-20-3)12(2)15-9-13-4-5-14(15)8-13/h10,12-15H,4-9H2,1-3H3,(H,17,18). The van der Waals surface area contributed by atoms with Crippen LogP contribution in [0.25, 0.3) is 0 Å². The molecule has 2 aliphatic rings. The minimum atomic E-state index is 0.552. The molecule has 1 aromatic heterocycles. The number of nitrogens with one attached hydrogen (secondary N) is 1. The molecule has 2 fully saturated rings. The van der Waals surface area contributed by atoms with Gasteiger partial charge in [0.1, 0.15) is 0 Å². The first-order valence-electron chi connectivity index (χ1n) is 7.97. The van der Waals surface area contributed by atoms with Crippen molar-refractivity contribution in [3.63, 3.8) is 0 Å². The van der Waals surface area contributed by atoms with Gasteiger partial charge in [0.05, 0.1) is 12.3 Å². The molecule has 0 spiro atoms. The Kier molecular flexibility index (Phi) is 4.01. The van der Waals surface area contributed by atoms with Crippen molar-refractivity contribution in [2.45, 2.75) is 45.6 Å². The van der Waals surface area contributed by atoms with Gasteiger partial charge in [-0.25, -0.2) is 4.98 Å². The maximum Gasteiger partial charge on any atom is 0.203 e. The second-order valence-electron chi connectivity index (χ2n) is 6.61. The zero-order chi connectivity index (χ0) is 14.1. The summed E-state index contributed by atoms with van der Waals surface area (Å²) < 4.78 is 7.47. The van der Waals surface area contributed by atoms with Gasteiger partial charge in [-0.05, 0) is 50.9 Å². The van der Waals surface area contributed by atoms with Crippen LogP contribution in [0.2, 0.25) is 0 Å². The van der Waals surface area contributed by atoms with Gasteiger partial charge in [0.25, 0.3) is 0 Å². The lowest BCUT2D eigenvalue weighted by Gasteiger charge is -2.29. The lowest BCUT2D eigenvalue weighted by molar-refractivity contribution is 0.210. The van der Waals surface area contributed by atoms with Crippen LogP contribution < -0.4 is 5.32 Å². The van der Waals surface area contributed by atoms with E-state index in [1.165, 1.54) is 25.7 Å². The van der Waals surface area contributed by atoms with Gasteiger partial charge in [-0.1, -0.05) is 6.42 Å². The highest BCUT2D eigenvalue weighted by Crippen LogP contribution is 2.52. The SMILES string of the molecule is COCCNc1nc(C)cn1C(C)C1CC2CCC1C2. The molecule has 0 saturated heterocycles. The molecule has 1 heterocycles. The fourth-order valence-corrected chi connectivity index (χ4v) is 4.31. The predicted molar refractivity (Wildman–Crippen MR) is 81.0 cm³/mol. The van der Waals surface area contributed by atoms with Crippen molar-refractivity contribution in [3.8, 4) is 0 Å². The molecule has 1 N–H and O–H groups in total. The van der Waals surface area contributed by atoms with Crippen LogP contribution in [0.5, 0.6) is 0 Å². The highest BCUT2D eigenvalue weighted by Gasteiger charge is 2.42. The van der Waals surface area contributed by atoms with E-state index in [4.69, 9.17) is 4.74 Å². The van der Waals surface area contributed by atoms with Crippen molar-refractivity contribution in [2.24, 2.45) is 17.8 Å². The number of fused-ring (bicyclic) bond motifs is 2. The van der Waals surface area contributed by atoms with E-state index in [0.717, 1.165) is 35.9 Å². The summed E-state index contributed by atoms with van der Waals surface area (Å²) in [5, 5.41) is 3.41. The summed E-state index contributed by atoms with van der Waals surface area (Å²) in [6, 6.07) is 0.552. The number of hydrogen-bond donors (Lipinski definition) is 1. The van der Waals surface area contributed by atoms with Crippen molar-refractivity contribution < 1.29 is 4.74 Å². The third-order valence-electron chi connectivity index (χ3n) is 5.29. The minimum absolute atomic E-state index is 0.552. The number of ether oxygens (including phenoxy) is 1. The Labute approximate surface area is 121 Å². The average Bonchev–Trinajstić information content (AvgIpc) is 3.13. The van der Waals surface area contributed by atoms with E-state index in [0.29, 0.717) is 12.6 Å². The Morgan fingerprint density at radius 3 is 2.95 bits per heavy atom. The molecule has 4 heteroatoms. The van der Waals surface area contributed by atoms with Crippen molar-refractivity contribution >= 4 is 5.95 Å². The smallest absolute Gasteiger partial charge is 0.203 e. The number of hydrogen-bond acceptors (Lipinski definition) is 3. The van der Waals surface area contributed by atoms with E-state index in [1.807, 2.05) is 0 Å². The number of rotatable bonds is 6. The van der Waals surface area contributed by atoms with E-state index in [-0.39, 0.29) is 0 Å². The summed E-state index contributed by atoms with van der Waals surface area (Å²) in [5.41, 5.74) is 1.10. The molecule has 0 aliphatic heterocycles. The first-order chi connectivity index (χ1) is 9.69. The summed E-state index contributed by atoms with van der Waals surface area (Å²) in [6.45, 7) is 5.98. The van der Waals surface area contributed by atoms with E-state index in [1.54, 1.807) is 7.11 Å². The molecule has 1 aromatic rings. The van der Waals surface area contributed by atoms with Crippen LogP contribution in [0.1, 0.15) is 44.3 Å². The van der Waals surface area contributed by atoms with E-state index < -0.39 is 0 Å². The van der Waals surface area contributed by atoms with Gasteiger partial charge < -0.3 is 14.6 Å². The number of nitrogens with zero attached hydrogens (tertiary/aromatic N) is 2. The normalized spacial score (nSPS) is 29.9. The molecule has 4 nitrogen and oxygen atoms in total. The Morgan fingerprint density at radius 2 is 2.30 bits per heavy atom. The van der Waals surface area contributed by atoms with Gasteiger partial charge in [-0.3, -0.25) is 0 Å². The number of aryl methyl sites for hydroxylation is 1. The van der Waals surface area contributed by atoms with Crippen LogP contribution >= 0.6 is 0 Å². The molecule has 0 aromatic carbocycles. The minimum Gasteiger partial charge on any atom is -0.383 e. The zero-order valence-corrected chi connectivity index (χ0v) is 12.9. The van der Waals surface area contributed by atoms with Crippen molar-refractivity contribution in [2.75, 3.05) is 25.6 Å². The fourth-order valence-electron chi connectivity index (χ4n) is 4.31. The summed E-state index contributed by atoms with van der Waals surface area (Å²) >= 11 is 0. The monoisotopic (exact) mass is 277 g/mol. The predicted octanol–water partition coefficient (Wildman–Crippen LogP) is 3.25. The molecule has 4 atom stereocenters. The van der Waals surface area contributed by atoms with Crippen LogP contribution in [-0.4, -0.2) is 29.8 Å². The van der Waals surface area contributed by atoms with Gasteiger partial charge in [-0.15, -0.1) is 0 Å². The first-order valence-corrected chi connectivity index (χ1v) is 7.97. The zero-order valence-electron chi connectivity index (χ0n) is 12.9. The molecule has 112 valence electrons. The van der Waals surface area contributed by atoms with Crippen LogP contribution in [0.3, 0.4) is 0 Å². The third kappa shape index (κ3) is 2.58. The first kappa shape index (κ1) is 13.9. The Hall–Kier alpha value is -1.03. The lowest BCUT2D eigenvalue weighted by Crippen LogP contribution is -2.23. The molecular formula is C16H27N3O.